The molecule has 2 rings (SSSR count). The fourth-order valence-corrected chi connectivity index (χ4v) is 2.99. The molecule has 1 aliphatic carbocycles. The molecule has 0 radical (unpaired) electrons. The van der Waals surface area contributed by atoms with Crippen molar-refractivity contribution in [2.24, 2.45) is 11.8 Å². The predicted molar refractivity (Wildman–Crippen MR) is 88.3 cm³/mol. The van der Waals surface area contributed by atoms with E-state index in [9.17, 15) is 0 Å². The first-order valence-corrected chi connectivity index (χ1v) is 8.48. The van der Waals surface area contributed by atoms with E-state index in [1.54, 1.807) is 0 Å². The van der Waals surface area contributed by atoms with Gasteiger partial charge in [-0.05, 0) is 49.4 Å². The van der Waals surface area contributed by atoms with Crippen molar-refractivity contribution in [2.45, 2.75) is 46.6 Å². The number of hydrogen-bond donors (Lipinski definition) is 1. The van der Waals surface area contributed by atoms with Crippen LogP contribution >= 0.6 is 15.9 Å². The first-order chi connectivity index (χ1) is 9.56. The molecule has 0 aliphatic heterocycles. The Morgan fingerprint density at radius 1 is 1.35 bits per heavy atom. The minimum Gasteiger partial charge on any atom is -0.493 e. The Kier molecular flexibility index (Phi) is 5.91. The summed E-state index contributed by atoms with van der Waals surface area (Å²) in [7, 11) is 0. The number of rotatable bonds is 8. The fraction of sp³-hybridized carbons (Fsp3) is 0.647. The summed E-state index contributed by atoms with van der Waals surface area (Å²) >= 11 is 3.59. The maximum atomic E-state index is 6.07. The first kappa shape index (κ1) is 15.8. The standard InChI is InChI=1S/C17H26BrNO/c1-12(2)10-19-11-15-9-16(18)8-13(3)17(15)20-7-6-14-4-5-14/h8-9,12,14,19H,4-7,10-11H2,1-3H3. The molecular formula is C17H26BrNO. The van der Waals surface area contributed by atoms with E-state index in [0.717, 1.165) is 35.8 Å². The van der Waals surface area contributed by atoms with Gasteiger partial charge >= 0.3 is 0 Å². The van der Waals surface area contributed by atoms with Crippen LogP contribution in [0.4, 0.5) is 0 Å². The summed E-state index contributed by atoms with van der Waals surface area (Å²) in [5, 5.41) is 3.51. The average molecular weight is 340 g/mol. The lowest BCUT2D eigenvalue weighted by Crippen LogP contribution is -2.19. The zero-order valence-corrected chi connectivity index (χ0v) is 14.4. The number of hydrogen-bond acceptors (Lipinski definition) is 2. The third-order valence-corrected chi connectivity index (χ3v) is 4.11. The van der Waals surface area contributed by atoms with Crippen LogP contribution < -0.4 is 10.1 Å². The average Bonchev–Trinajstić information content (AvgIpc) is 3.15. The summed E-state index contributed by atoms with van der Waals surface area (Å²) in [6, 6.07) is 4.31. The number of halogens is 1. The Hall–Kier alpha value is -0.540. The molecule has 112 valence electrons. The van der Waals surface area contributed by atoms with Crippen molar-refractivity contribution in [3.8, 4) is 5.75 Å². The molecular weight excluding hydrogens is 314 g/mol. The van der Waals surface area contributed by atoms with E-state index in [0.29, 0.717) is 5.92 Å². The number of benzene rings is 1. The molecule has 0 bridgehead atoms. The van der Waals surface area contributed by atoms with Crippen LogP contribution in [0.1, 0.15) is 44.2 Å². The normalized spacial score (nSPS) is 14.8. The van der Waals surface area contributed by atoms with Crippen molar-refractivity contribution in [1.29, 1.82) is 0 Å². The molecule has 1 aliphatic rings. The molecule has 1 fully saturated rings. The first-order valence-electron chi connectivity index (χ1n) is 7.68. The van der Waals surface area contributed by atoms with Crippen molar-refractivity contribution in [3.63, 3.8) is 0 Å². The van der Waals surface area contributed by atoms with Gasteiger partial charge in [0, 0.05) is 16.6 Å². The lowest BCUT2D eigenvalue weighted by atomic mass is 10.1. The van der Waals surface area contributed by atoms with E-state index in [1.807, 2.05) is 0 Å². The van der Waals surface area contributed by atoms with Gasteiger partial charge in [-0.1, -0.05) is 42.6 Å². The Morgan fingerprint density at radius 2 is 2.10 bits per heavy atom. The van der Waals surface area contributed by atoms with E-state index >= 15 is 0 Å². The second-order valence-electron chi connectivity index (χ2n) is 6.32. The van der Waals surface area contributed by atoms with Crippen molar-refractivity contribution in [3.05, 3.63) is 27.7 Å². The SMILES string of the molecule is Cc1cc(Br)cc(CNCC(C)C)c1OCCC1CC1. The quantitative estimate of drug-likeness (QED) is 0.742. The number of aryl methyl sites for hydroxylation is 1. The van der Waals surface area contributed by atoms with Gasteiger partial charge in [-0.2, -0.15) is 0 Å². The molecule has 1 N–H and O–H groups in total. The van der Waals surface area contributed by atoms with Crippen molar-refractivity contribution >= 4 is 15.9 Å². The van der Waals surface area contributed by atoms with Crippen LogP contribution in [-0.2, 0) is 6.54 Å². The highest BCUT2D eigenvalue weighted by atomic mass is 79.9. The molecule has 1 aromatic rings. The van der Waals surface area contributed by atoms with Crippen LogP contribution in [0.15, 0.2) is 16.6 Å². The molecule has 1 aromatic carbocycles. The van der Waals surface area contributed by atoms with Crippen molar-refractivity contribution in [2.75, 3.05) is 13.2 Å². The van der Waals surface area contributed by atoms with Gasteiger partial charge < -0.3 is 10.1 Å². The highest BCUT2D eigenvalue weighted by molar-refractivity contribution is 9.10. The zero-order valence-electron chi connectivity index (χ0n) is 12.8. The third-order valence-electron chi connectivity index (χ3n) is 3.65. The maximum absolute atomic E-state index is 6.07. The minimum atomic E-state index is 0.669. The highest BCUT2D eigenvalue weighted by Gasteiger charge is 2.21. The smallest absolute Gasteiger partial charge is 0.126 e. The van der Waals surface area contributed by atoms with Gasteiger partial charge in [-0.15, -0.1) is 0 Å². The van der Waals surface area contributed by atoms with Gasteiger partial charge in [0.2, 0.25) is 0 Å². The van der Waals surface area contributed by atoms with E-state index in [1.165, 1.54) is 30.4 Å². The van der Waals surface area contributed by atoms with Gasteiger partial charge in [0.25, 0.3) is 0 Å². The third kappa shape index (κ3) is 5.10. The topological polar surface area (TPSA) is 21.3 Å². The molecule has 0 saturated heterocycles. The fourth-order valence-electron chi connectivity index (χ4n) is 2.37. The predicted octanol–water partition coefficient (Wildman–Crippen LogP) is 4.68. The Labute approximate surface area is 131 Å². The van der Waals surface area contributed by atoms with Crippen molar-refractivity contribution < 1.29 is 4.74 Å². The van der Waals surface area contributed by atoms with Gasteiger partial charge in [-0.25, -0.2) is 0 Å². The van der Waals surface area contributed by atoms with Gasteiger partial charge in [-0.3, -0.25) is 0 Å². The summed E-state index contributed by atoms with van der Waals surface area (Å²) < 4.78 is 7.20. The van der Waals surface area contributed by atoms with Crippen LogP contribution in [0.25, 0.3) is 0 Å². The Bertz CT molecular complexity index is 441. The number of nitrogens with one attached hydrogen (secondary N) is 1. The van der Waals surface area contributed by atoms with Gasteiger partial charge in [0.05, 0.1) is 6.61 Å². The Morgan fingerprint density at radius 3 is 2.75 bits per heavy atom. The zero-order chi connectivity index (χ0) is 14.5. The molecule has 0 spiro atoms. The summed E-state index contributed by atoms with van der Waals surface area (Å²) in [6.45, 7) is 9.34. The minimum absolute atomic E-state index is 0.669. The van der Waals surface area contributed by atoms with Crippen LogP contribution in [0.3, 0.4) is 0 Å². The summed E-state index contributed by atoms with van der Waals surface area (Å²) in [5.74, 6) is 2.67. The van der Waals surface area contributed by atoms with E-state index < -0.39 is 0 Å². The molecule has 0 heterocycles. The molecule has 0 unspecified atom stereocenters. The number of ether oxygens (including phenoxy) is 1. The lowest BCUT2D eigenvalue weighted by Gasteiger charge is -2.16. The summed E-state index contributed by atoms with van der Waals surface area (Å²) in [5.41, 5.74) is 2.48. The lowest BCUT2D eigenvalue weighted by molar-refractivity contribution is 0.296. The van der Waals surface area contributed by atoms with Crippen LogP contribution in [0.5, 0.6) is 5.75 Å². The second kappa shape index (κ2) is 7.46. The molecule has 2 nitrogen and oxygen atoms in total. The Balaban J connectivity index is 1.97. The van der Waals surface area contributed by atoms with E-state index in [4.69, 9.17) is 4.74 Å². The molecule has 20 heavy (non-hydrogen) atoms. The second-order valence-corrected chi connectivity index (χ2v) is 7.23. The van der Waals surface area contributed by atoms with E-state index in [-0.39, 0.29) is 0 Å². The van der Waals surface area contributed by atoms with Crippen LogP contribution in [0.2, 0.25) is 0 Å². The largest absolute Gasteiger partial charge is 0.493 e. The summed E-state index contributed by atoms with van der Waals surface area (Å²) in [4.78, 5) is 0. The highest BCUT2D eigenvalue weighted by Crippen LogP contribution is 2.33. The molecule has 3 heteroatoms. The van der Waals surface area contributed by atoms with Crippen LogP contribution in [-0.4, -0.2) is 13.2 Å². The van der Waals surface area contributed by atoms with Crippen molar-refractivity contribution in [1.82, 2.24) is 5.32 Å². The molecule has 0 amide bonds. The van der Waals surface area contributed by atoms with Gasteiger partial charge in [0.15, 0.2) is 0 Å². The van der Waals surface area contributed by atoms with Crippen LogP contribution in [0, 0.1) is 18.8 Å². The van der Waals surface area contributed by atoms with E-state index in [2.05, 4.69) is 54.2 Å². The van der Waals surface area contributed by atoms with Gasteiger partial charge in [0.1, 0.15) is 5.75 Å². The maximum Gasteiger partial charge on any atom is 0.126 e. The molecule has 0 aromatic heterocycles. The summed E-state index contributed by atoms with van der Waals surface area (Å²) in [6.07, 6.45) is 3.99. The molecule has 0 atom stereocenters. The monoisotopic (exact) mass is 339 g/mol. The molecule has 1 saturated carbocycles.